The second-order valence-electron chi connectivity index (χ2n) is 12.1. The van der Waals surface area contributed by atoms with Gasteiger partial charge in [-0.2, -0.15) is 0 Å². The first-order valence-electron chi connectivity index (χ1n) is 13.9. The molecule has 0 bridgehead atoms. The van der Waals surface area contributed by atoms with E-state index >= 15 is 0 Å². The Kier molecular flexibility index (Phi) is 5.27. The lowest BCUT2D eigenvalue weighted by molar-refractivity contribution is 0.00578. The fourth-order valence-corrected chi connectivity index (χ4v) is 6.38. The van der Waals surface area contributed by atoms with Crippen molar-refractivity contribution < 1.29 is 9.31 Å². The number of hydrogen-bond acceptors (Lipinski definition) is 2. The van der Waals surface area contributed by atoms with E-state index < -0.39 is 7.12 Å². The lowest BCUT2D eigenvalue weighted by Gasteiger charge is -2.32. The van der Waals surface area contributed by atoms with Gasteiger partial charge in [-0.25, -0.2) is 0 Å². The van der Waals surface area contributed by atoms with Gasteiger partial charge in [-0.05, 0) is 113 Å². The summed E-state index contributed by atoms with van der Waals surface area (Å²) in [5, 5.41) is 2.49. The smallest absolute Gasteiger partial charge is 0.399 e. The minimum atomic E-state index is -0.408. The standard InChI is InChI=1S/C36H33BO2/c1-22-12-7-9-14-24(22)26-18-19-27(25-15-10-8-13-23(25)2)34-30-20-21-31(37-38-35(3,4)36(5,6)39-37)28-16-11-17-29(32(28)30)33(26)34/h7-21H,1-6H3. The molecule has 0 saturated carbocycles. The highest BCUT2D eigenvalue weighted by atomic mass is 16.7. The van der Waals surface area contributed by atoms with Gasteiger partial charge in [0, 0.05) is 0 Å². The number of benzene rings is 5. The zero-order valence-electron chi connectivity index (χ0n) is 23.6. The van der Waals surface area contributed by atoms with Crippen LogP contribution in [0.2, 0.25) is 0 Å². The van der Waals surface area contributed by atoms with Crippen molar-refractivity contribution in [1.82, 2.24) is 0 Å². The summed E-state index contributed by atoms with van der Waals surface area (Å²) in [5.41, 5.74) is 13.2. The molecule has 5 aromatic carbocycles. The highest BCUT2D eigenvalue weighted by Crippen LogP contribution is 2.55. The first kappa shape index (κ1) is 24.4. The first-order chi connectivity index (χ1) is 18.7. The molecule has 0 radical (unpaired) electrons. The summed E-state index contributed by atoms with van der Waals surface area (Å²) in [6.45, 7) is 12.9. The van der Waals surface area contributed by atoms with Crippen molar-refractivity contribution >= 4 is 23.4 Å². The summed E-state index contributed by atoms with van der Waals surface area (Å²) in [6, 6.07) is 33.3. The minimum absolute atomic E-state index is 0.389. The third-order valence-electron chi connectivity index (χ3n) is 9.20. The van der Waals surface area contributed by atoms with E-state index in [-0.39, 0.29) is 11.2 Å². The maximum Gasteiger partial charge on any atom is 0.495 e. The van der Waals surface area contributed by atoms with Crippen molar-refractivity contribution in [3.05, 3.63) is 102 Å². The average molecular weight is 508 g/mol. The third-order valence-corrected chi connectivity index (χ3v) is 9.20. The van der Waals surface area contributed by atoms with Gasteiger partial charge in [0.15, 0.2) is 0 Å². The Morgan fingerprint density at radius 2 is 0.949 bits per heavy atom. The summed E-state index contributed by atoms with van der Waals surface area (Å²) in [6.07, 6.45) is 0. The monoisotopic (exact) mass is 508 g/mol. The van der Waals surface area contributed by atoms with Crippen LogP contribution in [0.25, 0.3) is 55.3 Å². The number of hydrogen-bond donors (Lipinski definition) is 0. The molecular formula is C36H33BO2. The minimum Gasteiger partial charge on any atom is -0.399 e. The van der Waals surface area contributed by atoms with Gasteiger partial charge in [-0.1, -0.05) is 91.0 Å². The van der Waals surface area contributed by atoms with Crippen molar-refractivity contribution in [2.45, 2.75) is 52.7 Å². The van der Waals surface area contributed by atoms with E-state index in [4.69, 9.17) is 9.31 Å². The fraction of sp³-hybridized carbons (Fsp3) is 0.222. The lowest BCUT2D eigenvalue weighted by Crippen LogP contribution is -2.41. The lowest BCUT2D eigenvalue weighted by atomic mass is 9.75. The van der Waals surface area contributed by atoms with Crippen molar-refractivity contribution in [2.24, 2.45) is 0 Å². The van der Waals surface area contributed by atoms with E-state index in [9.17, 15) is 0 Å². The molecule has 0 aromatic heterocycles. The van der Waals surface area contributed by atoms with E-state index in [1.807, 2.05) is 0 Å². The molecule has 192 valence electrons. The second-order valence-corrected chi connectivity index (χ2v) is 12.1. The summed E-state index contributed by atoms with van der Waals surface area (Å²) in [7, 11) is -0.408. The highest BCUT2D eigenvalue weighted by molar-refractivity contribution is 6.65. The Balaban J connectivity index is 1.53. The van der Waals surface area contributed by atoms with Crippen LogP contribution in [-0.2, 0) is 9.31 Å². The Morgan fingerprint density at radius 3 is 1.49 bits per heavy atom. The molecule has 2 nitrogen and oxygen atoms in total. The van der Waals surface area contributed by atoms with Crippen molar-refractivity contribution in [2.75, 3.05) is 0 Å². The Hall–Kier alpha value is -3.66. The largest absolute Gasteiger partial charge is 0.495 e. The molecule has 5 aromatic rings. The van der Waals surface area contributed by atoms with Crippen LogP contribution >= 0.6 is 0 Å². The van der Waals surface area contributed by atoms with E-state index in [1.165, 1.54) is 66.4 Å². The van der Waals surface area contributed by atoms with Gasteiger partial charge in [0.25, 0.3) is 0 Å². The molecule has 0 atom stereocenters. The quantitative estimate of drug-likeness (QED) is 0.223. The van der Waals surface area contributed by atoms with Crippen LogP contribution < -0.4 is 5.46 Å². The molecule has 0 amide bonds. The van der Waals surface area contributed by atoms with Crippen LogP contribution in [0.5, 0.6) is 0 Å². The maximum atomic E-state index is 6.53. The van der Waals surface area contributed by atoms with Gasteiger partial charge in [0.2, 0.25) is 0 Å². The molecule has 7 rings (SSSR count). The van der Waals surface area contributed by atoms with E-state index in [1.54, 1.807) is 0 Å². The number of fused-ring (bicyclic) bond motifs is 3. The average Bonchev–Trinajstić information content (AvgIpc) is 3.36. The topological polar surface area (TPSA) is 18.5 Å². The second kappa shape index (κ2) is 8.42. The van der Waals surface area contributed by atoms with Crippen LogP contribution in [0.4, 0.5) is 0 Å². The van der Waals surface area contributed by atoms with Gasteiger partial charge in [-0.15, -0.1) is 0 Å². The Bertz CT molecular complexity index is 1700. The van der Waals surface area contributed by atoms with Gasteiger partial charge in [-0.3, -0.25) is 0 Å². The van der Waals surface area contributed by atoms with Gasteiger partial charge < -0.3 is 9.31 Å². The Morgan fingerprint density at radius 1 is 0.487 bits per heavy atom. The van der Waals surface area contributed by atoms with Gasteiger partial charge >= 0.3 is 7.12 Å². The van der Waals surface area contributed by atoms with Gasteiger partial charge in [0.05, 0.1) is 11.2 Å². The van der Waals surface area contributed by atoms with Crippen LogP contribution in [-0.4, -0.2) is 18.3 Å². The third kappa shape index (κ3) is 3.50. The van der Waals surface area contributed by atoms with Crippen LogP contribution in [0, 0.1) is 13.8 Å². The zero-order chi connectivity index (χ0) is 27.1. The van der Waals surface area contributed by atoms with Crippen LogP contribution in [0.15, 0.2) is 91.0 Å². The summed E-state index contributed by atoms with van der Waals surface area (Å²) in [4.78, 5) is 0. The molecule has 0 unspecified atom stereocenters. The van der Waals surface area contributed by atoms with E-state index in [2.05, 4.69) is 133 Å². The van der Waals surface area contributed by atoms with Gasteiger partial charge in [0.1, 0.15) is 0 Å². The SMILES string of the molecule is Cc1ccccc1-c1ccc(-c2ccccc2C)c2c1-c1cccc3c(B4OC(C)(C)C(C)(C)O4)ccc-2c13. The molecule has 39 heavy (non-hydrogen) atoms. The first-order valence-corrected chi connectivity index (χ1v) is 13.9. The summed E-state index contributed by atoms with van der Waals surface area (Å²) in [5.74, 6) is 0. The molecule has 1 saturated heterocycles. The Labute approximate surface area is 231 Å². The van der Waals surface area contributed by atoms with Crippen molar-refractivity contribution in [3.8, 4) is 44.5 Å². The highest BCUT2D eigenvalue weighted by Gasteiger charge is 2.52. The number of rotatable bonds is 3. The maximum absolute atomic E-state index is 6.53. The fourth-order valence-electron chi connectivity index (χ4n) is 6.38. The molecule has 1 fully saturated rings. The van der Waals surface area contributed by atoms with Crippen molar-refractivity contribution in [1.29, 1.82) is 0 Å². The number of aryl methyl sites for hydroxylation is 2. The molecule has 2 aliphatic rings. The molecular weight excluding hydrogens is 475 g/mol. The summed E-state index contributed by atoms with van der Waals surface area (Å²) >= 11 is 0. The summed E-state index contributed by atoms with van der Waals surface area (Å²) < 4.78 is 13.1. The normalized spacial score (nSPS) is 16.6. The van der Waals surface area contributed by atoms with Crippen LogP contribution in [0.3, 0.4) is 0 Å². The molecule has 1 heterocycles. The zero-order valence-corrected chi connectivity index (χ0v) is 23.6. The molecule has 1 aliphatic carbocycles. The molecule has 0 N–H and O–H groups in total. The van der Waals surface area contributed by atoms with E-state index in [0.29, 0.717) is 0 Å². The van der Waals surface area contributed by atoms with Crippen molar-refractivity contribution in [3.63, 3.8) is 0 Å². The predicted octanol–water partition coefficient (Wildman–Crippen LogP) is 8.74. The van der Waals surface area contributed by atoms with E-state index in [0.717, 1.165) is 5.46 Å². The molecule has 3 heteroatoms. The molecule has 0 spiro atoms. The van der Waals surface area contributed by atoms with Crippen LogP contribution in [0.1, 0.15) is 38.8 Å². The molecule has 1 aliphatic heterocycles. The predicted molar refractivity (Wildman–Crippen MR) is 164 cm³/mol.